The van der Waals surface area contributed by atoms with Crippen molar-refractivity contribution in [3.05, 3.63) is 11.9 Å². The summed E-state index contributed by atoms with van der Waals surface area (Å²) < 4.78 is 1.55. The minimum absolute atomic E-state index is 0.118. The van der Waals surface area contributed by atoms with Gasteiger partial charge in [-0.15, -0.1) is 5.10 Å². The average Bonchev–Trinajstić information content (AvgIpc) is 3.06. The van der Waals surface area contributed by atoms with Gasteiger partial charge in [-0.3, -0.25) is 9.48 Å². The quantitative estimate of drug-likeness (QED) is 0.645. The number of carbonyl (C=O) groups excluding carboxylic acids is 1. The second kappa shape index (κ2) is 6.12. The summed E-state index contributed by atoms with van der Waals surface area (Å²) in [6, 6.07) is 0. The molecule has 7 nitrogen and oxygen atoms in total. The summed E-state index contributed by atoms with van der Waals surface area (Å²) in [5.41, 5.74) is 5.55. The molecule has 19 heavy (non-hydrogen) atoms. The Morgan fingerprint density at radius 3 is 2.89 bits per heavy atom. The Labute approximate surface area is 112 Å². The molecule has 0 radical (unpaired) electrons. The Morgan fingerprint density at radius 1 is 1.53 bits per heavy atom. The number of amides is 1. The molecule has 2 rings (SSSR count). The van der Waals surface area contributed by atoms with E-state index in [1.807, 2.05) is 0 Å². The molecule has 0 aliphatic heterocycles. The largest absolute Gasteiger partial charge is 0.396 e. The van der Waals surface area contributed by atoms with Gasteiger partial charge in [0, 0.05) is 18.5 Å². The number of nitrogens with one attached hydrogen (secondary N) is 1. The van der Waals surface area contributed by atoms with Crippen LogP contribution in [0.3, 0.4) is 0 Å². The summed E-state index contributed by atoms with van der Waals surface area (Å²) >= 11 is 0. The van der Waals surface area contributed by atoms with Crippen molar-refractivity contribution >= 4 is 5.91 Å². The van der Waals surface area contributed by atoms with Crippen molar-refractivity contribution in [2.45, 2.75) is 32.2 Å². The number of nitrogens with two attached hydrogens (primary N) is 1. The Hall–Kier alpha value is -1.47. The lowest BCUT2D eigenvalue weighted by Crippen LogP contribution is -2.38. The van der Waals surface area contributed by atoms with Gasteiger partial charge in [-0.2, -0.15) is 0 Å². The van der Waals surface area contributed by atoms with Gasteiger partial charge in [-0.25, -0.2) is 0 Å². The molecule has 1 heterocycles. The highest BCUT2D eigenvalue weighted by Gasteiger charge is 2.33. The molecular formula is C12H21N5O2. The van der Waals surface area contributed by atoms with E-state index in [-0.39, 0.29) is 17.9 Å². The van der Waals surface area contributed by atoms with Gasteiger partial charge in [0.05, 0.1) is 19.3 Å². The Bertz CT molecular complexity index is 426. The molecule has 0 aromatic carbocycles. The monoisotopic (exact) mass is 267 g/mol. The zero-order chi connectivity index (χ0) is 13.7. The molecule has 1 aromatic rings. The number of rotatable bonds is 6. The molecule has 4 N–H and O–H groups in total. The lowest BCUT2D eigenvalue weighted by atomic mass is 9.87. The van der Waals surface area contributed by atoms with Crippen LogP contribution >= 0.6 is 0 Å². The van der Waals surface area contributed by atoms with E-state index in [1.165, 1.54) is 0 Å². The predicted octanol–water partition coefficient (Wildman–Crippen LogP) is -0.481. The first-order valence-corrected chi connectivity index (χ1v) is 6.68. The van der Waals surface area contributed by atoms with Crippen molar-refractivity contribution in [2.24, 2.45) is 11.1 Å². The molecular weight excluding hydrogens is 246 g/mol. The van der Waals surface area contributed by atoms with Crippen LogP contribution in [0.5, 0.6) is 0 Å². The van der Waals surface area contributed by atoms with Gasteiger partial charge in [0.15, 0.2) is 5.69 Å². The number of hydrogen-bond acceptors (Lipinski definition) is 5. The summed E-state index contributed by atoms with van der Waals surface area (Å²) in [5, 5.41) is 20.0. The van der Waals surface area contributed by atoms with Crippen LogP contribution in [0.15, 0.2) is 6.20 Å². The summed E-state index contributed by atoms with van der Waals surface area (Å²) in [5.74, 6) is -0.247. The zero-order valence-corrected chi connectivity index (χ0v) is 11.0. The van der Waals surface area contributed by atoms with Gasteiger partial charge >= 0.3 is 0 Å². The topological polar surface area (TPSA) is 106 Å². The fraction of sp³-hybridized carbons (Fsp3) is 0.750. The van der Waals surface area contributed by atoms with Gasteiger partial charge < -0.3 is 16.2 Å². The molecule has 0 saturated heterocycles. The predicted molar refractivity (Wildman–Crippen MR) is 69.4 cm³/mol. The van der Waals surface area contributed by atoms with Crippen molar-refractivity contribution in [3.63, 3.8) is 0 Å². The molecule has 1 fully saturated rings. The molecule has 1 amide bonds. The molecule has 0 spiro atoms. The Kier molecular flexibility index (Phi) is 4.49. The lowest BCUT2D eigenvalue weighted by Gasteiger charge is -2.26. The van der Waals surface area contributed by atoms with Crippen LogP contribution in [0.25, 0.3) is 0 Å². The van der Waals surface area contributed by atoms with Gasteiger partial charge in [0.25, 0.3) is 5.91 Å². The highest BCUT2D eigenvalue weighted by Crippen LogP contribution is 2.36. The smallest absolute Gasteiger partial charge is 0.273 e. The number of nitrogens with zero attached hydrogens (tertiary/aromatic N) is 3. The highest BCUT2D eigenvalue weighted by atomic mass is 16.3. The van der Waals surface area contributed by atoms with E-state index in [1.54, 1.807) is 10.9 Å². The molecule has 1 aliphatic rings. The second-order valence-corrected chi connectivity index (χ2v) is 5.20. The molecule has 0 bridgehead atoms. The van der Waals surface area contributed by atoms with Gasteiger partial charge in [0.1, 0.15) is 0 Å². The van der Waals surface area contributed by atoms with Crippen LogP contribution in [0, 0.1) is 5.41 Å². The molecule has 106 valence electrons. The van der Waals surface area contributed by atoms with E-state index in [0.29, 0.717) is 25.3 Å². The maximum atomic E-state index is 11.9. The van der Waals surface area contributed by atoms with Crippen molar-refractivity contribution in [2.75, 3.05) is 19.7 Å². The van der Waals surface area contributed by atoms with Gasteiger partial charge in [0.2, 0.25) is 0 Å². The van der Waals surface area contributed by atoms with Crippen LogP contribution in [0.1, 0.15) is 36.2 Å². The minimum atomic E-state index is -0.247. The van der Waals surface area contributed by atoms with E-state index < -0.39 is 0 Å². The molecule has 1 saturated carbocycles. The van der Waals surface area contributed by atoms with E-state index in [2.05, 4.69) is 15.6 Å². The number of aliphatic hydroxyl groups excluding tert-OH is 1. The van der Waals surface area contributed by atoms with Crippen molar-refractivity contribution in [1.29, 1.82) is 0 Å². The van der Waals surface area contributed by atoms with Crippen LogP contribution in [0.4, 0.5) is 0 Å². The van der Waals surface area contributed by atoms with E-state index in [4.69, 9.17) is 5.73 Å². The van der Waals surface area contributed by atoms with Gasteiger partial charge in [-0.1, -0.05) is 18.1 Å². The average molecular weight is 267 g/mol. The van der Waals surface area contributed by atoms with Crippen LogP contribution in [-0.4, -0.2) is 45.7 Å². The first-order valence-electron chi connectivity index (χ1n) is 6.68. The third-order valence-electron chi connectivity index (χ3n) is 3.75. The van der Waals surface area contributed by atoms with Crippen molar-refractivity contribution in [1.82, 2.24) is 20.3 Å². The first-order chi connectivity index (χ1) is 9.19. The molecule has 1 aliphatic carbocycles. The fourth-order valence-corrected chi connectivity index (χ4v) is 2.52. The van der Waals surface area contributed by atoms with E-state index >= 15 is 0 Å². The summed E-state index contributed by atoms with van der Waals surface area (Å²) in [7, 11) is 0. The third-order valence-corrected chi connectivity index (χ3v) is 3.75. The fourth-order valence-electron chi connectivity index (χ4n) is 2.52. The third kappa shape index (κ3) is 3.30. The minimum Gasteiger partial charge on any atom is -0.396 e. The standard InChI is InChI=1S/C12H21N5O2/c13-5-6-17-7-10(15-16-17)11(19)14-8-12(9-18)3-1-2-4-12/h7,18H,1-6,8-9,13H2,(H,14,19). The summed E-state index contributed by atoms with van der Waals surface area (Å²) in [4.78, 5) is 11.9. The van der Waals surface area contributed by atoms with E-state index in [0.717, 1.165) is 25.7 Å². The van der Waals surface area contributed by atoms with Crippen molar-refractivity contribution < 1.29 is 9.90 Å². The molecule has 0 unspecified atom stereocenters. The SMILES string of the molecule is NCCn1cc(C(=O)NCC2(CO)CCCC2)nn1. The first kappa shape index (κ1) is 14.0. The van der Waals surface area contributed by atoms with Crippen LogP contribution < -0.4 is 11.1 Å². The van der Waals surface area contributed by atoms with Gasteiger partial charge in [-0.05, 0) is 12.8 Å². The maximum absolute atomic E-state index is 11.9. The molecule has 7 heteroatoms. The van der Waals surface area contributed by atoms with Crippen molar-refractivity contribution in [3.8, 4) is 0 Å². The second-order valence-electron chi connectivity index (χ2n) is 5.20. The number of carbonyl (C=O) groups is 1. The summed E-state index contributed by atoms with van der Waals surface area (Å²) in [6.07, 6.45) is 5.74. The van der Waals surface area contributed by atoms with Crippen LogP contribution in [-0.2, 0) is 6.54 Å². The lowest BCUT2D eigenvalue weighted by molar-refractivity contribution is 0.0876. The molecule has 0 atom stereocenters. The highest BCUT2D eigenvalue weighted by molar-refractivity contribution is 5.91. The number of hydrogen-bond donors (Lipinski definition) is 3. The maximum Gasteiger partial charge on any atom is 0.273 e. The summed E-state index contributed by atoms with van der Waals surface area (Å²) in [6.45, 7) is 1.61. The normalized spacial score (nSPS) is 17.6. The van der Waals surface area contributed by atoms with E-state index in [9.17, 15) is 9.90 Å². The van der Waals surface area contributed by atoms with Crippen LogP contribution in [0.2, 0.25) is 0 Å². The number of aliphatic hydroxyl groups is 1. The zero-order valence-electron chi connectivity index (χ0n) is 11.0. The number of aromatic nitrogens is 3. The molecule has 1 aromatic heterocycles. The Morgan fingerprint density at radius 2 is 2.26 bits per heavy atom. The Balaban J connectivity index is 1.89.